The largest absolute Gasteiger partial charge is 0.481 e. The van der Waals surface area contributed by atoms with Gasteiger partial charge < -0.3 is 5.11 Å². The molecule has 0 fully saturated rings. The highest BCUT2D eigenvalue weighted by atomic mass is 16.4. The van der Waals surface area contributed by atoms with Crippen molar-refractivity contribution in [2.45, 2.75) is 33.1 Å². The molecular formula is C12H18O2. The number of carboxylic acids is 1. The van der Waals surface area contributed by atoms with Crippen LogP contribution >= 0.6 is 0 Å². The summed E-state index contributed by atoms with van der Waals surface area (Å²) < 4.78 is 0. The van der Waals surface area contributed by atoms with E-state index in [1.54, 1.807) is 13.8 Å². The highest BCUT2D eigenvalue weighted by Gasteiger charge is 2.26. The lowest BCUT2D eigenvalue weighted by molar-refractivity contribution is -0.147. The van der Waals surface area contributed by atoms with Crippen LogP contribution in [-0.2, 0) is 4.79 Å². The van der Waals surface area contributed by atoms with Crippen LogP contribution in [0.1, 0.15) is 33.1 Å². The van der Waals surface area contributed by atoms with Crippen LogP contribution < -0.4 is 0 Å². The van der Waals surface area contributed by atoms with Crippen molar-refractivity contribution in [3.05, 3.63) is 24.3 Å². The second kappa shape index (κ2) is 4.45. The lowest BCUT2D eigenvalue weighted by Crippen LogP contribution is -2.23. The summed E-state index contributed by atoms with van der Waals surface area (Å²) in [5, 5.41) is 8.91. The highest BCUT2D eigenvalue weighted by Crippen LogP contribution is 2.26. The van der Waals surface area contributed by atoms with Crippen molar-refractivity contribution in [1.29, 1.82) is 0 Å². The van der Waals surface area contributed by atoms with E-state index in [9.17, 15) is 4.79 Å². The zero-order chi connectivity index (χ0) is 10.6. The Balaban J connectivity index is 2.24. The van der Waals surface area contributed by atoms with Gasteiger partial charge in [-0.05, 0) is 32.6 Å². The van der Waals surface area contributed by atoms with E-state index in [4.69, 9.17) is 5.11 Å². The van der Waals surface area contributed by atoms with Gasteiger partial charge in [0.15, 0.2) is 0 Å². The number of rotatable bonds is 5. The van der Waals surface area contributed by atoms with E-state index in [-0.39, 0.29) is 0 Å². The fraction of sp³-hybridized carbons (Fsp3) is 0.583. The molecule has 0 unspecified atom stereocenters. The summed E-state index contributed by atoms with van der Waals surface area (Å²) in [4.78, 5) is 10.8. The van der Waals surface area contributed by atoms with Gasteiger partial charge in [-0.25, -0.2) is 0 Å². The second-order valence-corrected chi connectivity index (χ2v) is 4.51. The van der Waals surface area contributed by atoms with Gasteiger partial charge in [0.1, 0.15) is 0 Å². The third-order valence-corrected chi connectivity index (χ3v) is 2.75. The number of carbonyl (C=O) groups is 1. The molecule has 78 valence electrons. The molecule has 14 heavy (non-hydrogen) atoms. The molecule has 0 saturated carbocycles. The fourth-order valence-electron chi connectivity index (χ4n) is 1.56. The van der Waals surface area contributed by atoms with Crippen LogP contribution in [0.2, 0.25) is 0 Å². The van der Waals surface area contributed by atoms with Gasteiger partial charge in [-0.1, -0.05) is 30.7 Å². The Hall–Kier alpha value is -1.05. The molecule has 0 bridgehead atoms. The van der Waals surface area contributed by atoms with Gasteiger partial charge in [0.2, 0.25) is 0 Å². The van der Waals surface area contributed by atoms with Gasteiger partial charge in [0.25, 0.3) is 0 Å². The molecule has 0 aromatic heterocycles. The number of aliphatic carboxylic acids is 1. The van der Waals surface area contributed by atoms with Crippen LogP contribution in [0.4, 0.5) is 0 Å². The Labute approximate surface area is 85.3 Å². The number of allylic oxidation sites excluding steroid dienone is 4. The molecule has 0 saturated heterocycles. The monoisotopic (exact) mass is 194 g/mol. The zero-order valence-corrected chi connectivity index (χ0v) is 8.86. The van der Waals surface area contributed by atoms with Crippen molar-refractivity contribution in [1.82, 2.24) is 0 Å². The van der Waals surface area contributed by atoms with Crippen molar-refractivity contribution >= 4 is 5.97 Å². The Bertz CT molecular complexity index is 249. The Morgan fingerprint density at radius 2 is 1.93 bits per heavy atom. The Morgan fingerprint density at radius 3 is 2.43 bits per heavy atom. The molecule has 1 aliphatic carbocycles. The van der Waals surface area contributed by atoms with E-state index in [1.165, 1.54) is 0 Å². The minimum absolute atomic E-state index is 0.527. The average Bonchev–Trinajstić information content (AvgIpc) is 2.56. The van der Waals surface area contributed by atoms with Gasteiger partial charge in [-0.3, -0.25) is 4.79 Å². The predicted molar refractivity (Wildman–Crippen MR) is 57.0 cm³/mol. The Morgan fingerprint density at radius 1 is 1.36 bits per heavy atom. The van der Waals surface area contributed by atoms with E-state index in [0.29, 0.717) is 5.92 Å². The number of hydrogen-bond donors (Lipinski definition) is 1. The van der Waals surface area contributed by atoms with Crippen LogP contribution in [-0.4, -0.2) is 11.1 Å². The summed E-state index contributed by atoms with van der Waals surface area (Å²) >= 11 is 0. The molecule has 0 atom stereocenters. The van der Waals surface area contributed by atoms with Gasteiger partial charge in [0, 0.05) is 0 Å². The van der Waals surface area contributed by atoms with E-state index in [1.807, 2.05) is 12.2 Å². The van der Waals surface area contributed by atoms with Gasteiger partial charge in [-0.2, -0.15) is 0 Å². The first-order valence-electron chi connectivity index (χ1n) is 5.11. The van der Waals surface area contributed by atoms with Crippen LogP contribution in [0.15, 0.2) is 24.3 Å². The smallest absolute Gasteiger partial charge is 0.309 e. The topological polar surface area (TPSA) is 37.3 Å². The van der Waals surface area contributed by atoms with Crippen molar-refractivity contribution in [3.8, 4) is 0 Å². The van der Waals surface area contributed by atoms with Crippen molar-refractivity contribution in [3.63, 3.8) is 0 Å². The highest BCUT2D eigenvalue weighted by molar-refractivity contribution is 5.73. The normalized spacial score (nSPS) is 16.4. The number of hydrogen-bond acceptors (Lipinski definition) is 1. The first kappa shape index (κ1) is 11.0. The van der Waals surface area contributed by atoms with Crippen molar-refractivity contribution < 1.29 is 9.90 Å². The maximum atomic E-state index is 10.8. The minimum Gasteiger partial charge on any atom is -0.481 e. The van der Waals surface area contributed by atoms with Crippen molar-refractivity contribution in [2.24, 2.45) is 11.3 Å². The average molecular weight is 194 g/mol. The third-order valence-electron chi connectivity index (χ3n) is 2.75. The van der Waals surface area contributed by atoms with E-state index in [0.717, 1.165) is 19.3 Å². The van der Waals surface area contributed by atoms with Crippen LogP contribution in [0.25, 0.3) is 0 Å². The van der Waals surface area contributed by atoms with E-state index >= 15 is 0 Å². The first-order valence-corrected chi connectivity index (χ1v) is 5.11. The van der Waals surface area contributed by atoms with Gasteiger partial charge in [-0.15, -0.1) is 0 Å². The Kier molecular flexibility index (Phi) is 3.50. The standard InChI is InChI=1S/C12H18O2/c1-12(2,11(13)14)9-5-8-10-6-3-4-7-10/h3-4,6-7,10H,5,8-9H2,1-2H3,(H,13,14). The summed E-state index contributed by atoms with van der Waals surface area (Å²) in [7, 11) is 0. The molecule has 0 spiro atoms. The van der Waals surface area contributed by atoms with Crippen LogP contribution in [0, 0.1) is 11.3 Å². The summed E-state index contributed by atoms with van der Waals surface area (Å²) in [5.74, 6) is -0.172. The molecule has 1 rings (SSSR count). The predicted octanol–water partition coefficient (Wildman–Crippen LogP) is 3.01. The molecular weight excluding hydrogens is 176 g/mol. The van der Waals surface area contributed by atoms with E-state index < -0.39 is 11.4 Å². The molecule has 2 nitrogen and oxygen atoms in total. The molecule has 1 aliphatic rings. The van der Waals surface area contributed by atoms with E-state index in [2.05, 4.69) is 12.2 Å². The number of carboxylic acid groups (broad SMARTS) is 1. The van der Waals surface area contributed by atoms with Crippen LogP contribution in [0.5, 0.6) is 0 Å². The lowest BCUT2D eigenvalue weighted by atomic mass is 9.86. The fourth-order valence-corrected chi connectivity index (χ4v) is 1.56. The molecule has 0 amide bonds. The quantitative estimate of drug-likeness (QED) is 0.730. The summed E-state index contributed by atoms with van der Waals surface area (Å²) in [6, 6.07) is 0. The van der Waals surface area contributed by atoms with Gasteiger partial charge in [0.05, 0.1) is 5.41 Å². The molecule has 0 aromatic rings. The zero-order valence-electron chi connectivity index (χ0n) is 8.86. The third kappa shape index (κ3) is 3.02. The molecule has 0 heterocycles. The van der Waals surface area contributed by atoms with Gasteiger partial charge >= 0.3 is 5.97 Å². The summed E-state index contributed by atoms with van der Waals surface area (Å²) in [5.41, 5.74) is -0.577. The minimum atomic E-state index is -0.699. The second-order valence-electron chi connectivity index (χ2n) is 4.51. The summed E-state index contributed by atoms with van der Waals surface area (Å²) in [6.07, 6.45) is 11.2. The molecule has 1 N–H and O–H groups in total. The summed E-state index contributed by atoms with van der Waals surface area (Å²) in [6.45, 7) is 3.57. The van der Waals surface area contributed by atoms with Crippen LogP contribution in [0.3, 0.4) is 0 Å². The maximum Gasteiger partial charge on any atom is 0.309 e. The first-order chi connectivity index (χ1) is 6.52. The maximum absolute atomic E-state index is 10.8. The SMILES string of the molecule is CC(C)(CCCC1C=CC=C1)C(=O)O. The van der Waals surface area contributed by atoms with Crippen molar-refractivity contribution in [2.75, 3.05) is 0 Å². The molecule has 0 aromatic carbocycles. The lowest BCUT2D eigenvalue weighted by Gasteiger charge is -2.19. The molecule has 0 radical (unpaired) electrons. The molecule has 2 heteroatoms. The molecule has 0 aliphatic heterocycles.